The van der Waals surface area contributed by atoms with Gasteiger partial charge in [-0.3, -0.25) is 9.59 Å². The molecule has 1 atom stereocenters. The Bertz CT molecular complexity index is 1290. The van der Waals surface area contributed by atoms with Gasteiger partial charge in [0.1, 0.15) is 5.58 Å². The Kier molecular flexibility index (Phi) is 7.99. The quantitative estimate of drug-likeness (QED) is 0.367. The van der Waals surface area contributed by atoms with Gasteiger partial charge >= 0.3 is 0 Å². The number of ether oxygens (including phenoxy) is 2. The van der Waals surface area contributed by atoms with Crippen LogP contribution >= 0.6 is 0 Å². The van der Waals surface area contributed by atoms with E-state index in [9.17, 15) is 9.59 Å². The molecule has 4 rings (SSSR count). The first-order valence-corrected chi connectivity index (χ1v) is 12.8. The number of rotatable bonds is 11. The van der Waals surface area contributed by atoms with Crippen LogP contribution in [0.1, 0.15) is 66.9 Å². The van der Waals surface area contributed by atoms with Crippen molar-refractivity contribution in [2.45, 2.75) is 46.6 Å². The van der Waals surface area contributed by atoms with Crippen molar-refractivity contribution in [1.29, 1.82) is 0 Å². The molecule has 0 spiro atoms. The van der Waals surface area contributed by atoms with Gasteiger partial charge in [-0.2, -0.15) is 0 Å². The minimum Gasteiger partial charge on any atom is -0.493 e. The van der Waals surface area contributed by atoms with Gasteiger partial charge in [-0.15, -0.1) is 0 Å². The van der Waals surface area contributed by atoms with Crippen LogP contribution < -0.4 is 14.9 Å². The Morgan fingerprint density at radius 2 is 1.81 bits per heavy atom. The van der Waals surface area contributed by atoms with E-state index in [-0.39, 0.29) is 17.1 Å². The van der Waals surface area contributed by atoms with E-state index in [0.717, 1.165) is 43.6 Å². The van der Waals surface area contributed by atoms with Crippen LogP contribution in [0.3, 0.4) is 0 Å². The van der Waals surface area contributed by atoms with E-state index in [4.69, 9.17) is 13.9 Å². The minimum atomic E-state index is -0.556. The summed E-state index contributed by atoms with van der Waals surface area (Å²) >= 11 is 0. The van der Waals surface area contributed by atoms with E-state index in [1.54, 1.807) is 18.1 Å². The second kappa shape index (κ2) is 11.2. The van der Waals surface area contributed by atoms with Crippen molar-refractivity contribution in [2.24, 2.45) is 0 Å². The molecule has 2 aromatic carbocycles. The maximum absolute atomic E-state index is 13.8. The number of hydrogen-bond donors (Lipinski definition) is 0. The molecule has 2 heterocycles. The fraction of sp³-hybridized carbons (Fsp3) is 0.448. The van der Waals surface area contributed by atoms with E-state index in [1.165, 1.54) is 0 Å². The lowest BCUT2D eigenvalue weighted by Gasteiger charge is -2.27. The van der Waals surface area contributed by atoms with E-state index in [2.05, 4.69) is 18.7 Å². The maximum atomic E-state index is 13.8. The highest BCUT2D eigenvalue weighted by Gasteiger charge is 2.42. The number of benzene rings is 2. The maximum Gasteiger partial charge on any atom is 0.290 e. The van der Waals surface area contributed by atoms with Gasteiger partial charge in [0.15, 0.2) is 16.9 Å². The predicted molar refractivity (Wildman–Crippen MR) is 141 cm³/mol. The van der Waals surface area contributed by atoms with Crippen LogP contribution in [-0.4, -0.2) is 55.6 Å². The van der Waals surface area contributed by atoms with Crippen molar-refractivity contribution < 1.29 is 18.7 Å². The fourth-order valence-electron chi connectivity index (χ4n) is 4.90. The van der Waals surface area contributed by atoms with Crippen LogP contribution in [0.2, 0.25) is 0 Å². The normalized spacial score (nSPS) is 15.1. The van der Waals surface area contributed by atoms with Crippen LogP contribution in [-0.2, 0) is 0 Å². The fourth-order valence-corrected chi connectivity index (χ4v) is 4.90. The van der Waals surface area contributed by atoms with Gasteiger partial charge in [-0.05, 0) is 69.2 Å². The van der Waals surface area contributed by atoms with Crippen LogP contribution in [0.5, 0.6) is 11.5 Å². The monoisotopic (exact) mass is 492 g/mol. The molecule has 0 radical (unpaired) electrons. The predicted octanol–water partition coefficient (Wildman–Crippen LogP) is 5.18. The molecule has 0 saturated heterocycles. The molecular formula is C29H36N2O5. The lowest BCUT2D eigenvalue weighted by Crippen LogP contribution is -2.33. The highest BCUT2D eigenvalue weighted by atomic mass is 16.5. The molecule has 0 aliphatic carbocycles. The van der Waals surface area contributed by atoms with E-state index in [0.29, 0.717) is 41.2 Å². The number of carbonyl (C=O) groups excluding carboxylic acids is 1. The second-order valence-electron chi connectivity index (χ2n) is 9.21. The van der Waals surface area contributed by atoms with Gasteiger partial charge < -0.3 is 23.7 Å². The molecule has 7 nitrogen and oxygen atoms in total. The number of aryl methyl sites for hydroxylation is 1. The molecule has 1 aliphatic heterocycles. The van der Waals surface area contributed by atoms with Gasteiger partial charge in [0.25, 0.3) is 5.91 Å². The van der Waals surface area contributed by atoms with Crippen LogP contribution in [0.25, 0.3) is 11.0 Å². The Hall–Kier alpha value is -3.32. The smallest absolute Gasteiger partial charge is 0.290 e. The summed E-state index contributed by atoms with van der Waals surface area (Å²) in [6.07, 6.45) is 1.67. The van der Waals surface area contributed by atoms with Crippen molar-refractivity contribution in [3.8, 4) is 11.5 Å². The minimum absolute atomic E-state index is 0.134. The average Bonchev–Trinajstić information content (AvgIpc) is 3.17. The van der Waals surface area contributed by atoms with Gasteiger partial charge in [-0.25, -0.2) is 0 Å². The topological polar surface area (TPSA) is 72.2 Å². The van der Waals surface area contributed by atoms with Gasteiger partial charge in [0.05, 0.1) is 30.7 Å². The number of hydrogen-bond acceptors (Lipinski definition) is 6. The van der Waals surface area contributed by atoms with Crippen LogP contribution in [0, 0.1) is 6.92 Å². The largest absolute Gasteiger partial charge is 0.493 e. The van der Waals surface area contributed by atoms with Crippen molar-refractivity contribution in [3.05, 3.63) is 69.1 Å². The number of carbonyl (C=O) groups is 1. The average molecular weight is 493 g/mol. The summed E-state index contributed by atoms with van der Waals surface area (Å²) in [6, 6.07) is 10.6. The molecule has 0 bridgehead atoms. The molecule has 0 fully saturated rings. The van der Waals surface area contributed by atoms with Crippen molar-refractivity contribution in [3.63, 3.8) is 0 Å². The van der Waals surface area contributed by atoms with E-state index in [1.807, 2.05) is 44.2 Å². The zero-order chi connectivity index (χ0) is 25.8. The molecule has 1 amide bonds. The standard InChI is InChI=1S/C29H36N2O5/c1-6-16-35-23-13-11-20(18-24(23)34-5)26-25-27(32)21-17-19(4)10-12-22(21)36-28(25)29(33)31(26)15-9-14-30(7-2)8-3/h10-13,17-18,26H,6-9,14-16H2,1-5H3. The van der Waals surface area contributed by atoms with Crippen molar-refractivity contribution in [2.75, 3.05) is 39.9 Å². The summed E-state index contributed by atoms with van der Waals surface area (Å²) in [7, 11) is 1.60. The highest BCUT2D eigenvalue weighted by molar-refractivity contribution is 5.99. The van der Waals surface area contributed by atoms with Crippen LogP contribution in [0.4, 0.5) is 0 Å². The zero-order valence-electron chi connectivity index (χ0n) is 21.9. The number of methoxy groups -OCH3 is 1. The van der Waals surface area contributed by atoms with E-state index >= 15 is 0 Å². The number of amides is 1. The Morgan fingerprint density at radius 1 is 1.03 bits per heavy atom. The second-order valence-corrected chi connectivity index (χ2v) is 9.21. The molecule has 36 heavy (non-hydrogen) atoms. The molecular weight excluding hydrogens is 456 g/mol. The summed E-state index contributed by atoms with van der Waals surface area (Å²) in [4.78, 5) is 31.5. The Labute approximate surface area is 212 Å². The Balaban J connectivity index is 1.81. The molecule has 7 heteroatoms. The molecule has 0 N–H and O–H groups in total. The summed E-state index contributed by atoms with van der Waals surface area (Å²) in [6.45, 7) is 12.1. The van der Waals surface area contributed by atoms with Crippen molar-refractivity contribution in [1.82, 2.24) is 9.80 Å². The molecule has 1 unspecified atom stereocenters. The third-order valence-electron chi connectivity index (χ3n) is 6.85. The molecule has 192 valence electrons. The third-order valence-corrected chi connectivity index (χ3v) is 6.85. The molecule has 1 aromatic heterocycles. The van der Waals surface area contributed by atoms with Gasteiger partial charge in [-0.1, -0.05) is 38.5 Å². The summed E-state index contributed by atoms with van der Waals surface area (Å²) in [5, 5.41) is 0.492. The first kappa shape index (κ1) is 25.8. The number of fused-ring (bicyclic) bond motifs is 2. The third kappa shape index (κ3) is 4.85. The van der Waals surface area contributed by atoms with Crippen LogP contribution in [0.15, 0.2) is 45.6 Å². The lowest BCUT2D eigenvalue weighted by molar-refractivity contribution is 0.0720. The molecule has 3 aromatic rings. The SMILES string of the molecule is CCCOc1ccc(C2c3c(oc4ccc(C)cc4c3=O)C(=O)N2CCCN(CC)CC)cc1OC. The Morgan fingerprint density at radius 3 is 2.50 bits per heavy atom. The molecule has 1 aliphatic rings. The highest BCUT2D eigenvalue weighted by Crippen LogP contribution is 2.41. The zero-order valence-corrected chi connectivity index (χ0v) is 21.9. The number of nitrogens with zero attached hydrogens (tertiary/aromatic N) is 2. The first-order chi connectivity index (χ1) is 17.4. The summed E-state index contributed by atoms with van der Waals surface area (Å²) < 4.78 is 17.5. The van der Waals surface area contributed by atoms with E-state index < -0.39 is 6.04 Å². The molecule has 0 saturated carbocycles. The first-order valence-electron chi connectivity index (χ1n) is 12.8. The van der Waals surface area contributed by atoms with Gasteiger partial charge in [0, 0.05) is 6.54 Å². The van der Waals surface area contributed by atoms with Crippen molar-refractivity contribution >= 4 is 16.9 Å². The summed E-state index contributed by atoms with van der Waals surface area (Å²) in [5.74, 6) is 1.10. The van der Waals surface area contributed by atoms with Gasteiger partial charge in [0.2, 0.25) is 5.76 Å². The summed E-state index contributed by atoms with van der Waals surface area (Å²) in [5.41, 5.74) is 2.42. The lowest BCUT2D eigenvalue weighted by atomic mass is 9.97.